The molecule has 3 aromatic rings. The van der Waals surface area contributed by atoms with E-state index >= 15 is 0 Å². The van der Waals surface area contributed by atoms with Gasteiger partial charge in [-0.15, -0.1) is 0 Å². The van der Waals surface area contributed by atoms with Crippen molar-refractivity contribution in [3.8, 4) is 11.1 Å². The third-order valence-corrected chi connectivity index (χ3v) is 7.69. The number of anilines is 1. The largest absolute Gasteiger partial charge is 0.444 e. The van der Waals surface area contributed by atoms with Gasteiger partial charge in [0.15, 0.2) is 0 Å². The Labute approximate surface area is 248 Å². The Morgan fingerprint density at radius 2 is 1.69 bits per heavy atom. The van der Waals surface area contributed by atoms with Gasteiger partial charge in [0.2, 0.25) is 5.91 Å². The van der Waals surface area contributed by atoms with Crippen LogP contribution in [-0.4, -0.2) is 42.3 Å². The van der Waals surface area contributed by atoms with Gasteiger partial charge in [-0.3, -0.25) is 9.78 Å². The maximum Gasteiger partial charge on any atom is 0.407 e. The number of nitrogens with zero attached hydrogens (tertiary/aromatic N) is 2. The smallest absolute Gasteiger partial charge is 0.407 e. The van der Waals surface area contributed by atoms with E-state index in [1.165, 1.54) is 12.3 Å². The van der Waals surface area contributed by atoms with Gasteiger partial charge in [0.1, 0.15) is 11.4 Å². The lowest BCUT2D eigenvalue weighted by atomic mass is 9.97. The number of aromatic nitrogens is 1. The summed E-state index contributed by atoms with van der Waals surface area (Å²) < 4.78 is 24.2. The van der Waals surface area contributed by atoms with Crippen LogP contribution in [0.5, 0.6) is 0 Å². The summed E-state index contributed by atoms with van der Waals surface area (Å²) in [4.78, 5) is 32.8. The highest BCUT2D eigenvalue weighted by molar-refractivity contribution is 5.97. The fourth-order valence-electron chi connectivity index (χ4n) is 5.03. The lowest BCUT2D eigenvalue weighted by Gasteiger charge is -2.32. The third-order valence-electron chi connectivity index (χ3n) is 7.69. The van der Waals surface area contributed by atoms with Gasteiger partial charge in [0.25, 0.3) is 0 Å². The summed E-state index contributed by atoms with van der Waals surface area (Å²) in [5.41, 5.74) is 4.01. The molecule has 0 spiro atoms. The Balaban J connectivity index is 1.60. The first-order chi connectivity index (χ1) is 20.0. The van der Waals surface area contributed by atoms with Gasteiger partial charge < -0.3 is 19.7 Å². The number of ether oxygens (including phenoxy) is 2. The predicted molar refractivity (Wildman–Crippen MR) is 163 cm³/mol. The van der Waals surface area contributed by atoms with E-state index in [4.69, 9.17) is 9.47 Å². The average molecular weight is 576 g/mol. The number of amides is 2. The number of methoxy groups -OCH3 is 1. The van der Waals surface area contributed by atoms with Gasteiger partial charge in [0, 0.05) is 36.9 Å². The van der Waals surface area contributed by atoms with Crippen molar-refractivity contribution in [3.05, 3.63) is 83.9 Å². The number of rotatable bonds is 11. The highest BCUT2D eigenvalue weighted by Gasteiger charge is 2.47. The Bertz CT molecular complexity index is 1340. The predicted octanol–water partition coefficient (Wildman–Crippen LogP) is 7.11. The number of alkyl carbamates (subject to hydrolysis) is 1. The van der Waals surface area contributed by atoms with Crippen LogP contribution in [-0.2, 0) is 20.9 Å². The third kappa shape index (κ3) is 8.16. The summed E-state index contributed by atoms with van der Waals surface area (Å²) in [5.74, 6) is -0.683. The molecule has 1 fully saturated rings. The maximum absolute atomic E-state index is 14.0. The van der Waals surface area contributed by atoms with Crippen LogP contribution in [0.15, 0.2) is 66.9 Å². The Kier molecular flexibility index (Phi) is 9.99. The lowest BCUT2D eigenvalue weighted by molar-refractivity contribution is -0.120. The molecule has 1 aromatic heterocycles. The van der Waals surface area contributed by atoms with E-state index in [1.54, 1.807) is 18.1 Å². The monoisotopic (exact) mass is 575 g/mol. The van der Waals surface area contributed by atoms with Crippen molar-refractivity contribution < 1.29 is 23.5 Å². The molecule has 7 nitrogen and oxygen atoms in total. The number of nitrogens with one attached hydrogen (secondary N) is 1. The second kappa shape index (κ2) is 13.5. The van der Waals surface area contributed by atoms with Crippen LogP contribution in [0.3, 0.4) is 0 Å². The molecule has 1 heterocycles. The van der Waals surface area contributed by atoms with Crippen LogP contribution in [0.1, 0.15) is 64.6 Å². The summed E-state index contributed by atoms with van der Waals surface area (Å²) in [5, 5.41) is 3.02. The first-order valence-corrected chi connectivity index (χ1v) is 14.6. The number of pyridine rings is 1. The SMILES string of the molecule is CC[C@H](C)[C@@H](CN(C(=O)[C@@H]1C[C@H]1c1ccc(F)cn1)c1ccc(-c2ccc(COC)cc2)cc1)NC(=O)OC(C)(C)C. The highest BCUT2D eigenvalue weighted by Crippen LogP contribution is 2.48. The topological polar surface area (TPSA) is 80.8 Å². The van der Waals surface area contributed by atoms with Crippen molar-refractivity contribution in [2.45, 2.75) is 71.6 Å². The quantitative estimate of drug-likeness (QED) is 0.264. The molecule has 8 heteroatoms. The van der Waals surface area contributed by atoms with Crippen molar-refractivity contribution in [2.75, 3.05) is 18.6 Å². The Hall–Kier alpha value is -3.78. The van der Waals surface area contributed by atoms with E-state index < -0.39 is 17.5 Å². The van der Waals surface area contributed by atoms with Crippen LogP contribution in [0, 0.1) is 17.7 Å². The minimum absolute atomic E-state index is 0.0397. The molecule has 1 saturated carbocycles. The molecule has 0 saturated heterocycles. The standard InChI is InChI=1S/C34H42FN3O4/c1-7-22(2)31(37-33(40)42-34(3,4)5)20-38(32(39)29-18-28(29)30-17-14-26(35)19-36-30)27-15-12-25(13-16-27)24-10-8-23(9-11-24)21-41-6/h8-17,19,22,28-29,31H,7,18,20-21H2,1-6H3,(H,37,40)/t22-,28+,29+,31+/m0/s1. The van der Waals surface area contributed by atoms with Crippen LogP contribution >= 0.6 is 0 Å². The second-order valence-electron chi connectivity index (χ2n) is 12.1. The van der Waals surface area contributed by atoms with Gasteiger partial charge in [-0.05, 0) is 74.1 Å². The summed E-state index contributed by atoms with van der Waals surface area (Å²) in [6.07, 6.45) is 2.14. The van der Waals surface area contributed by atoms with Gasteiger partial charge in [0.05, 0.1) is 18.8 Å². The van der Waals surface area contributed by atoms with Crippen LogP contribution in [0.25, 0.3) is 11.1 Å². The molecule has 0 bridgehead atoms. The number of carbonyl (C=O) groups is 2. The molecular weight excluding hydrogens is 533 g/mol. The zero-order valence-electron chi connectivity index (χ0n) is 25.4. The van der Waals surface area contributed by atoms with Crippen LogP contribution in [0.2, 0.25) is 0 Å². The molecule has 0 radical (unpaired) electrons. The van der Waals surface area contributed by atoms with Crippen LogP contribution in [0.4, 0.5) is 14.9 Å². The van der Waals surface area contributed by atoms with Crippen molar-refractivity contribution in [1.82, 2.24) is 10.3 Å². The van der Waals surface area contributed by atoms with Crippen molar-refractivity contribution >= 4 is 17.7 Å². The fraction of sp³-hybridized carbons (Fsp3) is 0.441. The Morgan fingerprint density at radius 1 is 1.05 bits per heavy atom. The van der Waals surface area contributed by atoms with E-state index in [2.05, 4.69) is 36.3 Å². The van der Waals surface area contributed by atoms with Crippen molar-refractivity contribution in [1.29, 1.82) is 0 Å². The van der Waals surface area contributed by atoms with Gasteiger partial charge in [-0.1, -0.05) is 56.7 Å². The number of hydrogen-bond donors (Lipinski definition) is 1. The fourth-order valence-corrected chi connectivity index (χ4v) is 5.03. The normalized spacial score (nSPS) is 17.7. The first-order valence-electron chi connectivity index (χ1n) is 14.6. The molecule has 42 heavy (non-hydrogen) atoms. The first kappa shape index (κ1) is 31.2. The molecule has 1 aliphatic carbocycles. The average Bonchev–Trinajstić information content (AvgIpc) is 3.76. The minimum atomic E-state index is -0.638. The zero-order chi connectivity index (χ0) is 30.4. The number of benzene rings is 2. The highest BCUT2D eigenvalue weighted by atomic mass is 19.1. The Morgan fingerprint density at radius 3 is 2.24 bits per heavy atom. The molecule has 224 valence electrons. The molecule has 0 unspecified atom stereocenters. The minimum Gasteiger partial charge on any atom is -0.444 e. The maximum atomic E-state index is 14.0. The molecular formula is C34H42FN3O4. The molecule has 2 aromatic carbocycles. The molecule has 1 N–H and O–H groups in total. The van der Waals surface area contributed by atoms with Crippen molar-refractivity contribution in [3.63, 3.8) is 0 Å². The summed E-state index contributed by atoms with van der Waals surface area (Å²) >= 11 is 0. The summed E-state index contributed by atoms with van der Waals surface area (Å²) in [6, 6.07) is 18.8. The van der Waals surface area contributed by atoms with Gasteiger partial charge >= 0.3 is 6.09 Å². The summed E-state index contributed by atoms with van der Waals surface area (Å²) in [7, 11) is 1.68. The van der Waals surface area contributed by atoms with E-state index in [-0.39, 0.29) is 36.2 Å². The van der Waals surface area contributed by atoms with E-state index in [0.717, 1.165) is 28.8 Å². The molecule has 1 aliphatic rings. The number of carbonyl (C=O) groups excluding carboxylic acids is 2. The zero-order valence-corrected chi connectivity index (χ0v) is 25.4. The lowest BCUT2D eigenvalue weighted by Crippen LogP contribution is -2.50. The molecule has 0 aliphatic heterocycles. The molecule has 4 rings (SSSR count). The van der Waals surface area contributed by atoms with E-state index in [0.29, 0.717) is 18.7 Å². The molecule has 2 amide bonds. The van der Waals surface area contributed by atoms with Crippen LogP contribution < -0.4 is 10.2 Å². The van der Waals surface area contributed by atoms with Gasteiger partial charge in [-0.25, -0.2) is 9.18 Å². The van der Waals surface area contributed by atoms with E-state index in [1.807, 2.05) is 57.2 Å². The van der Waals surface area contributed by atoms with E-state index in [9.17, 15) is 14.0 Å². The second-order valence-corrected chi connectivity index (χ2v) is 12.1. The summed E-state index contributed by atoms with van der Waals surface area (Å²) in [6.45, 7) is 10.4. The molecule has 4 atom stereocenters. The number of hydrogen-bond acceptors (Lipinski definition) is 5. The van der Waals surface area contributed by atoms with Gasteiger partial charge in [-0.2, -0.15) is 0 Å². The van der Waals surface area contributed by atoms with Crippen molar-refractivity contribution in [2.24, 2.45) is 11.8 Å². The number of halogens is 1.